The number of benzene rings is 1. The first kappa shape index (κ1) is 23.9. The minimum absolute atomic E-state index is 0. The monoisotopic (exact) mass is 351 g/mol. The SMILES string of the molecule is CC(C)CC(N(C)C)C1(c2ccc(Cl)cc2)CCC1.Cl.O.O. The molecule has 0 radical (unpaired) electrons. The molecule has 1 aromatic carbocycles. The standard InChI is InChI=1S/C17H26ClN.ClH.2H2O/c1-13(2)12-16(19(3)4)17(10-5-11-17)14-6-8-15(18)9-7-14;;;/h6-9,13,16H,5,10-12H2,1-4H3;1H;2*1H2. The van der Waals surface area contributed by atoms with Gasteiger partial charge >= 0.3 is 0 Å². The summed E-state index contributed by atoms with van der Waals surface area (Å²) < 4.78 is 0. The molecule has 1 aliphatic rings. The predicted octanol–water partition coefficient (Wildman–Crippen LogP) is 3.51. The molecule has 0 saturated heterocycles. The van der Waals surface area contributed by atoms with E-state index in [1.165, 1.54) is 31.2 Å². The third kappa shape index (κ3) is 4.84. The number of rotatable bonds is 5. The summed E-state index contributed by atoms with van der Waals surface area (Å²) in [6.45, 7) is 4.65. The van der Waals surface area contributed by atoms with Gasteiger partial charge in [0.2, 0.25) is 0 Å². The summed E-state index contributed by atoms with van der Waals surface area (Å²) in [5.74, 6) is 0.733. The zero-order valence-corrected chi connectivity index (χ0v) is 15.6. The van der Waals surface area contributed by atoms with Gasteiger partial charge in [0.1, 0.15) is 0 Å². The van der Waals surface area contributed by atoms with Gasteiger partial charge in [-0.3, -0.25) is 0 Å². The molecule has 22 heavy (non-hydrogen) atoms. The van der Waals surface area contributed by atoms with E-state index in [9.17, 15) is 0 Å². The molecule has 1 aliphatic carbocycles. The van der Waals surface area contributed by atoms with Gasteiger partial charge in [-0.1, -0.05) is 44.0 Å². The Morgan fingerprint density at radius 1 is 1.09 bits per heavy atom. The zero-order valence-electron chi connectivity index (χ0n) is 14.0. The minimum Gasteiger partial charge on any atom is -0.412 e. The van der Waals surface area contributed by atoms with E-state index in [1.54, 1.807) is 0 Å². The van der Waals surface area contributed by atoms with Crippen molar-refractivity contribution in [1.82, 2.24) is 4.90 Å². The first-order valence-electron chi connectivity index (χ1n) is 7.38. The Hall–Kier alpha value is -0.320. The third-order valence-corrected chi connectivity index (χ3v) is 4.87. The lowest BCUT2D eigenvalue weighted by molar-refractivity contribution is 0.0808. The molecule has 0 heterocycles. The molecule has 3 nitrogen and oxygen atoms in total. The van der Waals surface area contributed by atoms with E-state index in [0.29, 0.717) is 11.5 Å². The Balaban J connectivity index is 0. The lowest BCUT2D eigenvalue weighted by Gasteiger charge is -2.51. The summed E-state index contributed by atoms with van der Waals surface area (Å²) in [7, 11) is 4.45. The number of likely N-dealkylation sites (N-methyl/N-ethyl adjacent to an activating group) is 1. The first-order valence-corrected chi connectivity index (χ1v) is 7.76. The van der Waals surface area contributed by atoms with Gasteiger partial charge in [-0.15, -0.1) is 12.4 Å². The Labute approximate surface area is 146 Å². The van der Waals surface area contributed by atoms with Crippen LogP contribution in [0.25, 0.3) is 0 Å². The molecule has 1 unspecified atom stereocenters. The highest BCUT2D eigenvalue weighted by atomic mass is 35.5. The lowest BCUT2D eigenvalue weighted by atomic mass is 9.58. The molecule has 0 amide bonds. The van der Waals surface area contributed by atoms with E-state index < -0.39 is 0 Å². The van der Waals surface area contributed by atoms with Crippen molar-refractivity contribution < 1.29 is 11.0 Å². The van der Waals surface area contributed by atoms with Crippen molar-refractivity contribution in [2.75, 3.05) is 14.1 Å². The Morgan fingerprint density at radius 3 is 1.91 bits per heavy atom. The summed E-state index contributed by atoms with van der Waals surface area (Å²) in [5.41, 5.74) is 1.82. The molecule has 1 atom stereocenters. The average molecular weight is 352 g/mol. The number of hydrogen-bond donors (Lipinski definition) is 0. The fourth-order valence-electron chi connectivity index (χ4n) is 3.53. The van der Waals surface area contributed by atoms with E-state index in [0.717, 1.165) is 10.9 Å². The van der Waals surface area contributed by atoms with E-state index in [2.05, 4.69) is 45.0 Å². The molecular weight excluding hydrogens is 321 g/mol. The third-order valence-electron chi connectivity index (χ3n) is 4.62. The van der Waals surface area contributed by atoms with Crippen LogP contribution in [0.15, 0.2) is 24.3 Å². The van der Waals surface area contributed by atoms with Crippen LogP contribution in [0.3, 0.4) is 0 Å². The first-order chi connectivity index (χ1) is 8.95. The van der Waals surface area contributed by atoms with Crippen LogP contribution < -0.4 is 0 Å². The maximum atomic E-state index is 6.04. The highest BCUT2D eigenvalue weighted by Crippen LogP contribution is 2.49. The largest absolute Gasteiger partial charge is 0.412 e. The molecule has 2 rings (SSSR count). The maximum absolute atomic E-state index is 6.04. The van der Waals surface area contributed by atoms with Crippen LogP contribution in [0.4, 0.5) is 0 Å². The zero-order chi connectivity index (χ0) is 14.0. The van der Waals surface area contributed by atoms with Gasteiger partial charge in [-0.2, -0.15) is 0 Å². The Morgan fingerprint density at radius 2 is 1.59 bits per heavy atom. The van der Waals surface area contributed by atoms with Gasteiger partial charge in [-0.05, 0) is 57.0 Å². The van der Waals surface area contributed by atoms with Crippen molar-refractivity contribution in [3.63, 3.8) is 0 Å². The lowest BCUT2D eigenvalue weighted by Crippen LogP contribution is -2.52. The molecule has 130 valence electrons. The van der Waals surface area contributed by atoms with E-state index >= 15 is 0 Å². The van der Waals surface area contributed by atoms with Crippen molar-refractivity contribution in [3.8, 4) is 0 Å². The molecule has 1 saturated carbocycles. The van der Waals surface area contributed by atoms with Crippen molar-refractivity contribution in [2.24, 2.45) is 5.92 Å². The molecule has 1 fully saturated rings. The van der Waals surface area contributed by atoms with Crippen molar-refractivity contribution >= 4 is 24.0 Å². The van der Waals surface area contributed by atoms with Gasteiger partial charge in [0.25, 0.3) is 0 Å². The molecule has 0 bridgehead atoms. The average Bonchev–Trinajstić information content (AvgIpc) is 2.28. The molecule has 1 aromatic rings. The normalized spacial score (nSPS) is 16.9. The second kappa shape index (κ2) is 9.74. The minimum atomic E-state index is 0. The number of halogens is 2. The molecule has 4 N–H and O–H groups in total. The van der Waals surface area contributed by atoms with Crippen LogP contribution in [-0.2, 0) is 5.41 Å². The molecule has 0 aliphatic heterocycles. The number of hydrogen-bond acceptors (Lipinski definition) is 1. The summed E-state index contributed by atoms with van der Waals surface area (Å²) >= 11 is 6.04. The summed E-state index contributed by atoms with van der Waals surface area (Å²) in [6.07, 6.45) is 5.23. The molecule has 0 aromatic heterocycles. The second-order valence-electron chi connectivity index (χ2n) is 6.63. The molecular formula is C17H31Cl2NO2. The highest BCUT2D eigenvalue weighted by molar-refractivity contribution is 6.30. The Bertz CT molecular complexity index is 417. The van der Waals surface area contributed by atoms with Gasteiger partial charge < -0.3 is 15.9 Å². The van der Waals surface area contributed by atoms with E-state index in [4.69, 9.17) is 11.6 Å². The number of nitrogens with zero attached hydrogens (tertiary/aromatic N) is 1. The predicted molar refractivity (Wildman–Crippen MR) is 98.4 cm³/mol. The fourth-order valence-corrected chi connectivity index (χ4v) is 3.66. The van der Waals surface area contributed by atoms with E-state index in [1.807, 2.05) is 12.1 Å². The van der Waals surface area contributed by atoms with Crippen molar-refractivity contribution in [3.05, 3.63) is 34.9 Å². The highest BCUT2D eigenvalue weighted by Gasteiger charge is 2.46. The quantitative estimate of drug-likeness (QED) is 0.800. The van der Waals surface area contributed by atoms with Gasteiger partial charge in [0.15, 0.2) is 0 Å². The summed E-state index contributed by atoms with van der Waals surface area (Å²) in [5, 5.41) is 0.837. The van der Waals surface area contributed by atoms with Crippen molar-refractivity contribution in [1.29, 1.82) is 0 Å². The van der Waals surface area contributed by atoms with Crippen LogP contribution in [0.2, 0.25) is 5.02 Å². The van der Waals surface area contributed by atoms with Crippen molar-refractivity contribution in [2.45, 2.75) is 51.0 Å². The Kier molecular flexibility index (Phi) is 10.6. The summed E-state index contributed by atoms with van der Waals surface area (Å²) in [4.78, 5) is 2.42. The molecule has 0 spiro atoms. The topological polar surface area (TPSA) is 66.2 Å². The molecule has 5 heteroatoms. The van der Waals surface area contributed by atoms with Crippen LogP contribution in [0, 0.1) is 5.92 Å². The van der Waals surface area contributed by atoms with Crippen LogP contribution in [-0.4, -0.2) is 36.0 Å². The van der Waals surface area contributed by atoms with Gasteiger partial charge in [0, 0.05) is 16.5 Å². The second-order valence-corrected chi connectivity index (χ2v) is 7.06. The van der Waals surface area contributed by atoms with Crippen LogP contribution in [0.1, 0.15) is 45.1 Å². The van der Waals surface area contributed by atoms with Crippen LogP contribution in [0.5, 0.6) is 0 Å². The van der Waals surface area contributed by atoms with Gasteiger partial charge in [0.05, 0.1) is 0 Å². The van der Waals surface area contributed by atoms with Crippen LogP contribution >= 0.6 is 24.0 Å². The van der Waals surface area contributed by atoms with E-state index in [-0.39, 0.29) is 23.4 Å². The van der Waals surface area contributed by atoms with Gasteiger partial charge in [-0.25, -0.2) is 0 Å². The maximum Gasteiger partial charge on any atom is 0.0406 e. The fraction of sp³-hybridized carbons (Fsp3) is 0.647. The summed E-state index contributed by atoms with van der Waals surface area (Å²) in [6, 6.07) is 9.18. The smallest absolute Gasteiger partial charge is 0.0406 e.